The Morgan fingerprint density at radius 2 is 1.82 bits per heavy atom. The van der Waals surface area contributed by atoms with Crippen LogP contribution in [0.4, 0.5) is 14.5 Å². The zero-order valence-corrected chi connectivity index (χ0v) is 24.6. The van der Waals surface area contributed by atoms with Gasteiger partial charge in [0.15, 0.2) is 5.82 Å². The average Bonchev–Trinajstić information content (AvgIpc) is 3.60. The van der Waals surface area contributed by atoms with E-state index in [0.717, 1.165) is 6.26 Å². The summed E-state index contributed by atoms with van der Waals surface area (Å²) < 4.78 is 56.2. The third-order valence-electron chi connectivity index (χ3n) is 6.90. The summed E-state index contributed by atoms with van der Waals surface area (Å²) in [5.74, 6) is -1.30. The van der Waals surface area contributed by atoms with Crippen LogP contribution in [0.5, 0.6) is 0 Å². The monoisotopic (exact) mass is 616 g/mol. The van der Waals surface area contributed by atoms with Crippen LogP contribution in [0.3, 0.4) is 0 Å². The van der Waals surface area contributed by atoms with Gasteiger partial charge in [-0.3, -0.25) is 19.9 Å². The van der Waals surface area contributed by atoms with E-state index in [2.05, 4.69) is 40.2 Å². The average molecular weight is 617 g/mol. The van der Waals surface area contributed by atoms with Crippen molar-refractivity contribution in [2.45, 2.75) is 20.4 Å². The molecule has 0 aliphatic rings. The van der Waals surface area contributed by atoms with Crippen LogP contribution in [0.2, 0.25) is 0 Å². The lowest BCUT2D eigenvalue weighted by atomic mass is 10.0. The molecule has 6 rings (SSSR count). The van der Waals surface area contributed by atoms with Gasteiger partial charge in [-0.1, -0.05) is 13.8 Å². The minimum absolute atomic E-state index is 0.102. The number of carbonyl (C=O) groups excluding carboxylic acids is 1. The predicted octanol–water partition coefficient (Wildman–Crippen LogP) is 5.15. The van der Waals surface area contributed by atoms with Crippen molar-refractivity contribution in [1.29, 1.82) is 0 Å². The predicted molar refractivity (Wildman–Crippen MR) is 163 cm³/mol. The summed E-state index contributed by atoms with van der Waals surface area (Å²) in [7, 11) is -3.49. The summed E-state index contributed by atoms with van der Waals surface area (Å²) in [6, 6.07) is 10.8. The zero-order valence-electron chi connectivity index (χ0n) is 23.7. The van der Waals surface area contributed by atoms with Crippen molar-refractivity contribution in [2.24, 2.45) is 5.92 Å². The molecule has 0 radical (unpaired) electrons. The Kier molecular flexibility index (Phi) is 7.39. The first-order valence-electron chi connectivity index (χ1n) is 13.5. The number of aromatic nitrogens is 6. The fraction of sp³-hybridized carbons (Fsp3) is 0.167. The lowest BCUT2D eigenvalue weighted by Crippen LogP contribution is -2.21. The van der Waals surface area contributed by atoms with Gasteiger partial charge >= 0.3 is 0 Å². The number of rotatable bonds is 8. The van der Waals surface area contributed by atoms with Crippen molar-refractivity contribution in [3.05, 3.63) is 78.3 Å². The quantitative estimate of drug-likeness (QED) is 0.184. The van der Waals surface area contributed by atoms with Crippen molar-refractivity contribution >= 4 is 43.6 Å². The van der Waals surface area contributed by atoms with E-state index in [0.29, 0.717) is 44.6 Å². The van der Waals surface area contributed by atoms with Gasteiger partial charge in [-0.15, -0.1) is 0 Å². The fourth-order valence-corrected chi connectivity index (χ4v) is 5.20. The number of hydrogen-bond donors (Lipinski definition) is 4. The zero-order chi connectivity index (χ0) is 31.2. The maximum atomic E-state index is 16.2. The highest BCUT2D eigenvalue weighted by Crippen LogP contribution is 2.35. The molecule has 0 saturated heterocycles. The van der Waals surface area contributed by atoms with Gasteiger partial charge in [-0.05, 0) is 48.0 Å². The Bertz CT molecular complexity index is 2180. The number of hydrogen-bond acceptors (Lipinski definition) is 7. The topological polar surface area (TPSA) is 158 Å². The van der Waals surface area contributed by atoms with E-state index < -0.39 is 21.7 Å². The fourth-order valence-electron chi connectivity index (χ4n) is 4.77. The number of aromatic amines is 2. The molecule has 0 atom stereocenters. The second-order valence-electron chi connectivity index (χ2n) is 10.6. The Hall–Kier alpha value is -5.08. The molecule has 14 heteroatoms. The molecule has 44 heavy (non-hydrogen) atoms. The number of nitrogens with zero attached hydrogens (tertiary/aromatic N) is 4. The minimum Gasteiger partial charge on any atom is -0.336 e. The molecule has 11 nitrogen and oxygen atoms in total. The highest BCUT2D eigenvalue weighted by Gasteiger charge is 2.21. The number of imidazole rings is 1. The second-order valence-corrected chi connectivity index (χ2v) is 12.4. The van der Waals surface area contributed by atoms with E-state index in [1.165, 1.54) is 30.7 Å². The van der Waals surface area contributed by atoms with Gasteiger partial charge in [-0.2, -0.15) is 5.10 Å². The van der Waals surface area contributed by atoms with E-state index in [1.54, 1.807) is 44.2 Å². The number of nitrogens with one attached hydrogen (secondary N) is 4. The van der Waals surface area contributed by atoms with Gasteiger partial charge in [0.2, 0.25) is 15.9 Å². The van der Waals surface area contributed by atoms with Crippen molar-refractivity contribution < 1.29 is 22.0 Å². The van der Waals surface area contributed by atoms with Crippen LogP contribution in [0, 0.1) is 17.6 Å². The molecule has 0 aliphatic carbocycles. The molecule has 4 aromatic heterocycles. The maximum absolute atomic E-state index is 16.2. The Labute approximate surface area is 250 Å². The molecule has 0 fully saturated rings. The largest absolute Gasteiger partial charge is 0.336 e. The Morgan fingerprint density at radius 1 is 1.00 bits per heavy atom. The SMILES string of the molecule is CC(C)C(=O)Nc1cncc(-c2ccc3[nH]nc(-c4nc5c(-c6cc(F)cc(CNS(C)(=O)=O)c6)nccc5[nH]4)c3c2F)c1. The van der Waals surface area contributed by atoms with Crippen molar-refractivity contribution in [3.8, 4) is 33.9 Å². The first kappa shape index (κ1) is 29.0. The number of sulfonamides is 1. The summed E-state index contributed by atoms with van der Waals surface area (Å²) in [6.45, 7) is 3.44. The first-order valence-corrected chi connectivity index (χ1v) is 15.4. The van der Waals surface area contributed by atoms with E-state index in [9.17, 15) is 17.6 Å². The summed E-state index contributed by atoms with van der Waals surface area (Å²) in [6.07, 6.45) is 5.55. The number of halogens is 2. The summed E-state index contributed by atoms with van der Waals surface area (Å²) in [5.41, 5.74) is 3.88. The first-order chi connectivity index (χ1) is 21.0. The summed E-state index contributed by atoms with van der Waals surface area (Å²) in [4.78, 5) is 28.6. The number of H-pyrrole nitrogens is 2. The highest BCUT2D eigenvalue weighted by atomic mass is 32.2. The molecule has 1 amide bonds. The molecule has 4 N–H and O–H groups in total. The third kappa shape index (κ3) is 5.76. The van der Waals surface area contributed by atoms with Gasteiger partial charge in [0.05, 0.1) is 40.3 Å². The van der Waals surface area contributed by atoms with E-state index in [-0.39, 0.29) is 40.8 Å². The number of pyridine rings is 2. The molecule has 6 aromatic rings. The van der Waals surface area contributed by atoms with Crippen LogP contribution in [0.1, 0.15) is 19.4 Å². The molecule has 0 saturated carbocycles. The van der Waals surface area contributed by atoms with Gasteiger partial charge in [0, 0.05) is 41.5 Å². The number of anilines is 1. The molecule has 0 spiro atoms. The van der Waals surface area contributed by atoms with Gasteiger partial charge in [0.1, 0.15) is 22.8 Å². The van der Waals surface area contributed by atoms with E-state index in [4.69, 9.17) is 0 Å². The van der Waals surface area contributed by atoms with Crippen LogP contribution in [0.25, 0.3) is 55.8 Å². The van der Waals surface area contributed by atoms with Crippen molar-refractivity contribution in [2.75, 3.05) is 11.6 Å². The molecule has 224 valence electrons. The minimum atomic E-state index is -3.49. The standard InChI is InChI=1S/C30H26F2N8O3S/c1-15(2)30(41)36-20-11-18(13-33-14-20)21-4-5-22-24(25(21)32)28(40-39-22)29-37-23-6-7-34-26(27(23)38-29)17-8-16(9-19(31)10-17)12-35-44(3,42)43/h4-11,13-15,35H,12H2,1-3H3,(H,36,41)(H,37,38)(H,39,40). The number of benzene rings is 2. The molecule has 2 aromatic carbocycles. The third-order valence-corrected chi connectivity index (χ3v) is 7.57. The van der Waals surface area contributed by atoms with Crippen molar-refractivity contribution in [1.82, 2.24) is 34.9 Å². The highest BCUT2D eigenvalue weighted by molar-refractivity contribution is 7.88. The van der Waals surface area contributed by atoms with E-state index in [1.807, 2.05) is 0 Å². The van der Waals surface area contributed by atoms with Crippen LogP contribution >= 0.6 is 0 Å². The molecule has 0 bridgehead atoms. The van der Waals surface area contributed by atoms with E-state index >= 15 is 4.39 Å². The second kappa shape index (κ2) is 11.2. The summed E-state index contributed by atoms with van der Waals surface area (Å²) >= 11 is 0. The molecule has 0 aliphatic heterocycles. The molecule has 4 heterocycles. The van der Waals surface area contributed by atoms with Gasteiger partial charge in [0.25, 0.3) is 0 Å². The molecular formula is C30H26F2N8O3S. The summed E-state index contributed by atoms with van der Waals surface area (Å²) in [5, 5.41) is 10.1. The van der Waals surface area contributed by atoms with Crippen LogP contribution < -0.4 is 10.0 Å². The lowest BCUT2D eigenvalue weighted by molar-refractivity contribution is -0.118. The van der Waals surface area contributed by atoms with Crippen molar-refractivity contribution in [3.63, 3.8) is 0 Å². The number of carbonyl (C=O) groups is 1. The Balaban J connectivity index is 1.41. The van der Waals surface area contributed by atoms with Gasteiger partial charge in [-0.25, -0.2) is 26.9 Å². The molecule has 0 unspecified atom stereocenters. The van der Waals surface area contributed by atoms with Gasteiger partial charge < -0.3 is 10.3 Å². The lowest BCUT2D eigenvalue weighted by Gasteiger charge is -2.10. The number of amides is 1. The van der Waals surface area contributed by atoms with Crippen LogP contribution in [-0.2, 0) is 21.4 Å². The maximum Gasteiger partial charge on any atom is 0.226 e. The smallest absolute Gasteiger partial charge is 0.226 e. The number of fused-ring (bicyclic) bond motifs is 2. The van der Waals surface area contributed by atoms with Crippen LogP contribution in [-0.4, -0.2) is 50.7 Å². The Morgan fingerprint density at radius 3 is 2.59 bits per heavy atom. The molecular weight excluding hydrogens is 590 g/mol. The normalized spacial score (nSPS) is 12.0. The van der Waals surface area contributed by atoms with Crippen LogP contribution in [0.15, 0.2) is 61.1 Å².